The highest BCUT2D eigenvalue weighted by atomic mass is 32.2. The summed E-state index contributed by atoms with van der Waals surface area (Å²) in [6.07, 6.45) is 1.71. The molecule has 4 atom stereocenters. The zero-order valence-corrected chi connectivity index (χ0v) is 14.9. The van der Waals surface area contributed by atoms with Gasteiger partial charge in [-0.2, -0.15) is 0 Å². The van der Waals surface area contributed by atoms with Crippen LogP contribution in [0.25, 0.3) is 0 Å². The number of nitrogens with zero attached hydrogens (tertiary/aromatic N) is 1. The molecule has 1 fully saturated rings. The average molecular weight is 324 g/mol. The van der Waals surface area contributed by atoms with Crippen molar-refractivity contribution in [3.05, 3.63) is 29.8 Å². The first-order chi connectivity index (χ1) is 10.5. The molecular weight excluding hydrogens is 296 g/mol. The third-order valence-corrected chi connectivity index (χ3v) is 5.35. The Morgan fingerprint density at radius 3 is 2.64 bits per heavy atom. The molecule has 1 heterocycles. The Hall–Kier alpha value is -0.750. The molecule has 4 unspecified atom stereocenters. The van der Waals surface area contributed by atoms with Crippen molar-refractivity contribution in [1.82, 2.24) is 10.2 Å². The summed E-state index contributed by atoms with van der Waals surface area (Å²) in [5, 5.41) is 3.61. The smallest absolute Gasteiger partial charge is 0.0619 e. The van der Waals surface area contributed by atoms with E-state index in [1.54, 1.807) is 6.26 Å². The lowest BCUT2D eigenvalue weighted by molar-refractivity contribution is -0.0184. The highest BCUT2D eigenvalue weighted by Crippen LogP contribution is 2.16. The SMILES string of the molecule is CC(NCC(C)N1CCOCC1C)c1ccc(S(C)=O)cc1. The van der Waals surface area contributed by atoms with E-state index in [1.165, 1.54) is 5.56 Å². The Kier molecular flexibility index (Phi) is 6.56. The predicted molar refractivity (Wildman–Crippen MR) is 91.6 cm³/mol. The molecule has 1 aromatic rings. The summed E-state index contributed by atoms with van der Waals surface area (Å²) in [6.45, 7) is 10.3. The molecule has 0 bridgehead atoms. The van der Waals surface area contributed by atoms with Crippen LogP contribution in [-0.4, -0.2) is 53.8 Å². The van der Waals surface area contributed by atoms with E-state index in [0.29, 0.717) is 12.1 Å². The van der Waals surface area contributed by atoms with Gasteiger partial charge in [0.25, 0.3) is 0 Å². The summed E-state index contributed by atoms with van der Waals surface area (Å²) in [5.74, 6) is 0. The number of morpholine rings is 1. The molecule has 1 saturated heterocycles. The molecule has 0 saturated carbocycles. The lowest BCUT2D eigenvalue weighted by atomic mass is 10.1. The van der Waals surface area contributed by atoms with Gasteiger partial charge in [0.2, 0.25) is 0 Å². The molecular formula is C17H28N2O2S. The van der Waals surface area contributed by atoms with E-state index in [0.717, 1.165) is 31.2 Å². The van der Waals surface area contributed by atoms with Crippen LogP contribution in [-0.2, 0) is 15.5 Å². The van der Waals surface area contributed by atoms with Gasteiger partial charge in [-0.15, -0.1) is 0 Å². The van der Waals surface area contributed by atoms with Gasteiger partial charge in [0.05, 0.1) is 13.2 Å². The summed E-state index contributed by atoms with van der Waals surface area (Å²) in [7, 11) is -0.908. The number of hydrogen-bond acceptors (Lipinski definition) is 4. The second-order valence-electron chi connectivity index (χ2n) is 6.16. The van der Waals surface area contributed by atoms with Crippen LogP contribution < -0.4 is 5.32 Å². The monoisotopic (exact) mass is 324 g/mol. The molecule has 0 aromatic heterocycles. The van der Waals surface area contributed by atoms with Crippen molar-refractivity contribution in [3.63, 3.8) is 0 Å². The molecule has 1 aliphatic heterocycles. The van der Waals surface area contributed by atoms with Crippen molar-refractivity contribution in [1.29, 1.82) is 0 Å². The minimum atomic E-state index is -0.908. The maximum atomic E-state index is 11.4. The second-order valence-corrected chi connectivity index (χ2v) is 7.54. The maximum Gasteiger partial charge on any atom is 0.0619 e. The average Bonchev–Trinajstić information content (AvgIpc) is 2.52. The molecule has 124 valence electrons. The Balaban J connectivity index is 1.86. The van der Waals surface area contributed by atoms with E-state index in [-0.39, 0.29) is 6.04 Å². The molecule has 1 aromatic carbocycles. The van der Waals surface area contributed by atoms with Gasteiger partial charge in [-0.25, -0.2) is 0 Å². The summed E-state index contributed by atoms with van der Waals surface area (Å²) in [6, 6.07) is 9.31. The third kappa shape index (κ3) is 4.62. The number of nitrogens with one attached hydrogen (secondary N) is 1. The lowest BCUT2D eigenvalue weighted by Gasteiger charge is -2.38. The highest BCUT2D eigenvalue weighted by molar-refractivity contribution is 7.84. The van der Waals surface area contributed by atoms with Gasteiger partial charge in [0, 0.05) is 53.2 Å². The van der Waals surface area contributed by atoms with E-state index in [1.807, 2.05) is 12.1 Å². The molecule has 0 spiro atoms. The predicted octanol–water partition coefficient (Wildman–Crippen LogP) is 2.18. The van der Waals surface area contributed by atoms with Crippen LogP contribution in [0.1, 0.15) is 32.4 Å². The van der Waals surface area contributed by atoms with Crippen molar-refractivity contribution in [2.75, 3.05) is 32.6 Å². The van der Waals surface area contributed by atoms with E-state index in [9.17, 15) is 4.21 Å². The van der Waals surface area contributed by atoms with Crippen molar-refractivity contribution in [3.8, 4) is 0 Å². The fourth-order valence-electron chi connectivity index (χ4n) is 2.93. The third-order valence-electron chi connectivity index (χ3n) is 4.42. The van der Waals surface area contributed by atoms with Gasteiger partial charge in [-0.1, -0.05) is 12.1 Å². The van der Waals surface area contributed by atoms with Crippen molar-refractivity contribution < 1.29 is 8.95 Å². The Labute approximate surface area is 136 Å². The standard InChI is InChI=1S/C17H28N2O2S/c1-13(19-9-10-21-12-14(19)2)11-18-15(3)16-5-7-17(8-6-16)22(4)20/h5-8,13-15,18H,9-12H2,1-4H3. The van der Waals surface area contributed by atoms with Crippen LogP contribution in [0.2, 0.25) is 0 Å². The second kappa shape index (κ2) is 8.20. The van der Waals surface area contributed by atoms with Crippen LogP contribution in [0.15, 0.2) is 29.2 Å². The highest BCUT2D eigenvalue weighted by Gasteiger charge is 2.23. The fourth-order valence-corrected chi connectivity index (χ4v) is 3.44. The van der Waals surface area contributed by atoms with Crippen LogP contribution in [0, 0.1) is 0 Å². The van der Waals surface area contributed by atoms with Gasteiger partial charge in [0.15, 0.2) is 0 Å². The van der Waals surface area contributed by atoms with Gasteiger partial charge in [-0.3, -0.25) is 9.11 Å². The van der Waals surface area contributed by atoms with Crippen LogP contribution >= 0.6 is 0 Å². The number of hydrogen-bond donors (Lipinski definition) is 1. The van der Waals surface area contributed by atoms with E-state index in [2.05, 4.69) is 43.1 Å². The first-order valence-corrected chi connectivity index (χ1v) is 9.55. The lowest BCUT2D eigenvalue weighted by Crippen LogP contribution is -2.51. The molecule has 4 nitrogen and oxygen atoms in total. The van der Waals surface area contributed by atoms with Crippen molar-refractivity contribution in [2.45, 2.75) is 43.8 Å². The zero-order chi connectivity index (χ0) is 16.1. The number of benzene rings is 1. The topological polar surface area (TPSA) is 41.6 Å². The molecule has 2 rings (SSSR count). The summed E-state index contributed by atoms with van der Waals surface area (Å²) < 4.78 is 16.9. The van der Waals surface area contributed by atoms with Gasteiger partial charge in [-0.05, 0) is 38.5 Å². The van der Waals surface area contributed by atoms with Crippen LogP contribution in [0.4, 0.5) is 0 Å². The van der Waals surface area contributed by atoms with Crippen molar-refractivity contribution in [2.24, 2.45) is 0 Å². The Bertz CT molecular complexity index is 492. The minimum absolute atomic E-state index is 0.290. The zero-order valence-electron chi connectivity index (χ0n) is 14.0. The molecule has 1 N–H and O–H groups in total. The Morgan fingerprint density at radius 2 is 2.05 bits per heavy atom. The van der Waals surface area contributed by atoms with Crippen molar-refractivity contribution >= 4 is 10.8 Å². The number of rotatable bonds is 6. The quantitative estimate of drug-likeness (QED) is 0.871. The van der Waals surface area contributed by atoms with Gasteiger partial charge in [0.1, 0.15) is 0 Å². The first kappa shape index (κ1) is 17.6. The molecule has 22 heavy (non-hydrogen) atoms. The normalized spacial score (nSPS) is 23.9. The van der Waals surface area contributed by atoms with Gasteiger partial charge < -0.3 is 10.1 Å². The molecule has 0 radical (unpaired) electrons. The van der Waals surface area contributed by atoms with E-state index >= 15 is 0 Å². The maximum absolute atomic E-state index is 11.4. The minimum Gasteiger partial charge on any atom is -0.379 e. The summed E-state index contributed by atoms with van der Waals surface area (Å²) >= 11 is 0. The van der Waals surface area contributed by atoms with Gasteiger partial charge >= 0.3 is 0 Å². The largest absolute Gasteiger partial charge is 0.379 e. The Morgan fingerprint density at radius 1 is 1.36 bits per heavy atom. The van der Waals surface area contributed by atoms with E-state index in [4.69, 9.17) is 4.74 Å². The molecule has 0 amide bonds. The fraction of sp³-hybridized carbons (Fsp3) is 0.647. The van der Waals surface area contributed by atoms with Crippen LogP contribution in [0.3, 0.4) is 0 Å². The molecule has 0 aliphatic carbocycles. The molecule has 1 aliphatic rings. The summed E-state index contributed by atoms with van der Waals surface area (Å²) in [4.78, 5) is 3.39. The van der Waals surface area contributed by atoms with E-state index < -0.39 is 10.8 Å². The molecule has 5 heteroatoms. The van der Waals surface area contributed by atoms with Crippen LogP contribution in [0.5, 0.6) is 0 Å². The first-order valence-electron chi connectivity index (χ1n) is 7.99. The summed E-state index contributed by atoms with van der Waals surface area (Å²) in [5.41, 5.74) is 1.23. The number of ether oxygens (including phenoxy) is 1.